The Balaban J connectivity index is 3.08. The summed E-state index contributed by atoms with van der Waals surface area (Å²) in [6.45, 7) is 10.4. The van der Waals surface area contributed by atoms with E-state index in [0.717, 1.165) is 41.5 Å². The number of aliphatic hydroxyl groups excluding tert-OH is 1. The molecule has 0 bridgehead atoms. The summed E-state index contributed by atoms with van der Waals surface area (Å²) < 4.78 is 5.25. The third kappa shape index (κ3) is 4.66. The zero-order chi connectivity index (χ0) is 15.8. The molecular weight excluding hydrogens is 284 g/mol. The molecule has 0 aliphatic heterocycles. The lowest BCUT2D eigenvalue weighted by molar-refractivity contribution is 0.202. The van der Waals surface area contributed by atoms with Crippen molar-refractivity contribution in [1.29, 1.82) is 0 Å². The number of anilines is 1. The first kappa shape index (κ1) is 18.4. The molecule has 1 heterocycles. The molecule has 0 aromatic carbocycles. The number of hydrogen-bond acceptors (Lipinski definition) is 5. The fourth-order valence-corrected chi connectivity index (χ4v) is 3.66. The molecule has 0 amide bonds. The maximum Gasteiger partial charge on any atom is 0.186 e. The highest BCUT2D eigenvalue weighted by molar-refractivity contribution is 7.15. The minimum atomic E-state index is 0.0817. The lowest BCUT2D eigenvalue weighted by Gasteiger charge is -2.30. The molecule has 4 nitrogen and oxygen atoms in total. The first-order valence-electron chi connectivity index (χ1n) is 7.98. The Hall–Kier alpha value is -0.650. The van der Waals surface area contributed by atoms with Crippen molar-refractivity contribution in [3.63, 3.8) is 0 Å². The van der Waals surface area contributed by atoms with Gasteiger partial charge in [0.15, 0.2) is 5.13 Å². The molecule has 21 heavy (non-hydrogen) atoms. The molecule has 1 rings (SSSR count). The van der Waals surface area contributed by atoms with Gasteiger partial charge in [-0.05, 0) is 25.2 Å². The minimum Gasteiger partial charge on any atom is -0.391 e. The number of thiazole rings is 1. The third-order valence-corrected chi connectivity index (χ3v) is 5.20. The monoisotopic (exact) mass is 314 g/mol. The predicted octanol–water partition coefficient (Wildman–Crippen LogP) is 3.79. The average molecular weight is 314 g/mol. The second kappa shape index (κ2) is 9.38. The van der Waals surface area contributed by atoms with Gasteiger partial charge in [-0.3, -0.25) is 0 Å². The highest BCUT2D eigenvalue weighted by Crippen LogP contribution is 2.33. The van der Waals surface area contributed by atoms with Crippen LogP contribution in [0, 0.1) is 0 Å². The van der Waals surface area contributed by atoms with Crippen LogP contribution < -0.4 is 4.90 Å². The number of hydrogen-bond donors (Lipinski definition) is 1. The predicted molar refractivity (Wildman–Crippen MR) is 90.3 cm³/mol. The fourth-order valence-electron chi connectivity index (χ4n) is 2.52. The Bertz CT molecular complexity index is 405. The molecule has 0 saturated carbocycles. The SMILES string of the molecule is CCC(C)c1nc(N(CCOC)C(CC)CC)sc1CO. The topological polar surface area (TPSA) is 45.6 Å². The quantitative estimate of drug-likeness (QED) is 0.713. The molecular formula is C16H30N2O2S. The Kier molecular flexibility index (Phi) is 8.22. The Morgan fingerprint density at radius 2 is 1.90 bits per heavy atom. The summed E-state index contributed by atoms with van der Waals surface area (Å²) in [6, 6.07) is 0.475. The number of ether oxygens (including phenoxy) is 1. The first-order chi connectivity index (χ1) is 10.1. The summed E-state index contributed by atoms with van der Waals surface area (Å²) in [4.78, 5) is 8.20. The van der Waals surface area contributed by atoms with Gasteiger partial charge < -0.3 is 14.7 Å². The normalized spacial score (nSPS) is 12.9. The molecule has 0 aliphatic rings. The molecule has 1 aromatic heterocycles. The maximum absolute atomic E-state index is 9.61. The van der Waals surface area contributed by atoms with Crippen LogP contribution in [0.2, 0.25) is 0 Å². The minimum absolute atomic E-state index is 0.0817. The van der Waals surface area contributed by atoms with Crippen LogP contribution in [-0.2, 0) is 11.3 Å². The van der Waals surface area contributed by atoms with Gasteiger partial charge in [0, 0.05) is 19.7 Å². The van der Waals surface area contributed by atoms with E-state index in [2.05, 4.69) is 32.6 Å². The van der Waals surface area contributed by atoms with Crippen molar-refractivity contribution < 1.29 is 9.84 Å². The smallest absolute Gasteiger partial charge is 0.186 e. The molecule has 1 atom stereocenters. The van der Waals surface area contributed by atoms with Gasteiger partial charge in [-0.15, -0.1) is 0 Å². The highest BCUT2D eigenvalue weighted by atomic mass is 32.1. The van der Waals surface area contributed by atoms with Gasteiger partial charge in [0.1, 0.15) is 0 Å². The lowest BCUT2D eigenvalue weighted by atomic mass is 10.0. The fraction of sp³-hybridized carbons (Fsp3) is 0.812. The van der Waals surface area contributed by atoms with Crippen molar-refractivity contribution >= 4 is 16.5 Å². The Labute approximate surface area is 133 Å². The van der Waals surface area contributed by atoms with Gasteiger partial charge in [-0.1, -0.05) is 39.0 Å². The lowest BCUT2D eigenvalue weighted by Crippen LogP contribution is -2.37. The van der Waals surface area contributed by atoms with E-state index < -0.39 is 0 Å². The third-order valence-electron chi connectivity index (χ3n) is 4.10. The van der Waals surface area contributed by atoms with E-state index >= 15 is 0 Å². The van der Waals surface area contributed by atoms with E-state index in [1.807, 2.05) is 0 Å². The van der Waals surface area contributed by atoms with Crippen molar-refractivity contribution in [3.8, 4) is 0 Å². The zero-order valence-corrected chi connectivity index (χ0v) is 14.9. The second-order valence-corrected chi connectivity index (χ2v) is 6.49. The summed E-state index contributed by atoms with van der Waals surface area (Å²) in [6.07, 6.45) is 3.22. The molecule has 122 valence electrons. The van der Waals surface area contributed by atoms with Crippen LogP contribution in [0.4, 0.5) is 5.13 Å². The van der Waals surface area contributed by atoms with Crippen molar-refractivity contribution in [1.82, 2.24) is 4.98 Å². The first-order valence-corrected chi connectivity index (χ1v) is 8.80. The number of aliphatic hydroxyl groups is 1. The van der Waals surface area contributed by atoms with E-state index in [4.69, 9.17) is 9.72 Å². The van der Waals surface area contributed by atoms with Gasteiger partial charge in [-0.25, -0.2) is 4.98 Å². The largest absolute Gasteiger partial charge is 0.391 e. The van der Waals surface area contributed by atoms with Gasteiger partial charge in [0.2, 0.25) is 0 Å². The Morgan fingerprint density at radius 1 is 1.24 bits per heavy atom. The van der Waals surface area contributed by atoms with E-state index in [1.165, 1.54) is 0 Å². The van der Waals surface area contributed by atoms with Crippen molar-refractivity contribution in [3.05, 3.63) is 10.6 Å². The molecule has 0 radical (unpaired) electrons. The molecule has 0 saturated heterocycles. The summed E-state index contributed by atoms with van der Waals surface area (Å²) >= 11 is 1.63. The summed E-state index contributed by atoms with van der Waals surface area (Å²) in [5.41, 5.74) is 1.06. The van der Waals surface area contributed by atoms with E-state index in [9.17, 15) is 5.11 Å². The van der Waals surface area contributed by atoms with Crippen molar-refractivity contribution in [2.75, 3.05) is 25.2 Å². The van der Waals surface area contributed by atoms with E-state index in [1.54, 1.807) is 18.4 Å². The number of aromatic nitrogens is 1. The average Bonchev–Trinajstić information content (AvgIpc) is 2.94. The van der Waals surface area contributed by atoms with Gasteiger partial charge in [0.05, 0.1) is 23.8 Å². The molecule has 1 aromatic rings. The molecule has 0 fully saturated rings. The zero-order valence-electron chi connectivity index (χ0n) is 14.1. The maximum atomic E-state index is 9.61. The van der Waals surface area contributed by atoms with Crippen LogP contribution >= 0.6 is 11.3 Å². The highest BCUT2D eigenvalue weighted by Gasteiger charge is 2.22. The van der Waals surface area contributed by atoms with Gasteiger partial charge in [-0.2, -0.15) is 0 Å². The molecule has 0 aliphatic carbocycles. The van der Waals surface area contributed by atoms with Crippen LogP contribution in [0.5, 0.6) is 0 Å². The number of methoxy groups -OCH3 is 1. The van der Waals surface area contributed by atoms with Crippen LogP contribution in [0.3, 0.4) is 0 Å². The van der Waals surface area contributed by atoms with Gasteiger partial charge in [0.25, 0.3) is 0 Å². The van der Waals surface area contributed by atoms with E-state index in [0.29, 0.717) is 18.6 Å². The van der Waals surface area contributed by atoms with Gasteiger partial charge >= 0.3 is 0 Å². The van der Waals surface area contributed by atoms with Crippen molar-refractivity contribution in [2.45, 2.75) is 65.5 Å². The van der Waals surface area contributed by atoms with Crippen molar-refractivity contribution in [2.24, 2.45) is 0 Å². The van der Waals surface area contributed by atoms with Crippen LogP contribution in [-0.4, -0.2) is 36.4 Å². The second-order valence-electron chi connectivity index (χ2n) is 5.43. The van der Waals surface area contributed by atoms with Crippen LogP contribution in [0.1, 0.15) is 63.4 Å². The molecule has 5 heteroatoms. The summed E-state index contributed by atoms with van der Waals surface area (Å²) in [7, 11) is 1.73. The standard InChI is InChI=1S/C16H30N2O2S/c1-6-12(4)15-14(11-19)21-16(17-15)18(9-10-20-5)13(7-2)8-3/h12-13,19H,6-11H2,1-5H3. The molecule has 1 unspecified atom stereocenters. The van der Waals surface area contributed by atoms with E-state index in [-0.39, 0.29) is 6.61 Å². The Morgan fingerprint density at radius 3 is 2.38 bits per heavy atom. The number of rotatable bonds is 10. The van der Waals surface area contributed by atoms with Crippen LogP contribution in [0.15, 0.2) is 0 Å². The number of nitrogens with zero attached hydrogens (tertiary/aromatic N) is 2. The summed E-state index contributed by atoms with van der Waals surface area (Å²) in [5.74, 6) is 0.392. The molecule has 1 N–H and O–H groups in total. The molecule has 0 spiro atoms. The van der Waals surface area contributed by atoms with Crippen LogP contribution in [0.25, 0.3) is 0 Å². The summed E-state index contributed by atoms with van der Waals surface area (Å²) in [5, 5.41) is 10.6.